The first kappa shape index (κ1) is 32.3. The number of hydrogen-bond acceptors (Lipinski definition) is 2. The van der Waals surface area contributed by atoms with E-state index < -0.39 is 11.9 Å². The van der Waals surface area contributed by atoms with Crippen LogP contribution in [0.4, 0.5) is 0 Å². The molecule has 1 aromatic carbocycles. The van der Waals surface area contributed by atoms with Gasteiger partial charge in [0.05, 0.1) is 0 Å². The zero-order chi connectivity index (χ0) is 18.5. The zero-order valence-electron chi connectivity index (χ0n) is 15.1. The van der Waals surface area contributed by atoms with Crippen molar-refractivity contribution in [1.82, 2.24) is 0 Å². The first-order valence-electron chi connectivity index (χ1n) is 7.79. The molecule has 1 aromatic rings. The second-order valence-corrected chi connectivity index (χ2v) is 4.51. The number of allylic oxidation sites excluding steroid dienone is 4. The van der Waals surface area contributed by atoms with Crippen LogP contribution in [0.1, 0.15) is 38.5 Å². The Labute approximate surface area is 171 Å². The Hall–Kier alpha value is -1.44. The molecule has 1 radical (unpaired) electrons. The van der Waals surface area contributed by atoms with Crippen molar-refractivity contribution >= 4 is 21.8 Å². The van der Waals surface area contributed by atoms with Crippen molar-refractivity contribution in [2.45, 2.75) is 38.5 Å². The number of aliphatic carboxylic acids is 2. The Morgan fingerprint density at radius 3 is 1.38 bits per heavy atom. The smallest absolute Gasteiger partial charge is 0.483 e. The molecule has 1 atom stereocenters. The van der Waals surface area contributed by atoms with Crippen LogP contribution in [0, 0.1) is 19.9 Å². The number of carbonyl (C=O) groups is 2. The van der Waals surface area contributed by atoms with Crippen LogP contribution in [0.25, 0.3) is 0 Å². The van der Waals surface area contributed by atoms with Crippen molar-refractivity contribution in [3.63, 3.8) is 0 Å². The fraction of sp³-hybridized carbons (Fsp3) is 0.300. The maximum Gasteiger partial charge on any atom is 3.00 e. The largest absolute Gasteiger partial charge is 3.00 e. The molecule has 4 nitrogen and oxygen atoms in total. The molecular formula is C20H30NiO4P. The SMILES string of the molecule is C1=CCCCCC=C1.P.[CH2-]CC(=O)O.[CH2-]CC(=O)O.[Ni+3].[c-]1ccccc1. The Balaban J connectivity index is -0.000000124. The second kappa shape index (κ2) is 28.4. The van der Waals surface area contributed by atoms with Crippen LogP contribution in [-0.2, 0) is 26.1 Å². The van der Waals surface area contributed by atoms with Gasteiger partial charge in [-0.15, -0.1) is 0 Å². The van der Waals surface area contributed by atoms with Crippen LogP contribution >= 0.6 is 9.90 Å². The minimum atomic E-state index is -0.856. The van der Waals surface area contributed by atoms with Gasteiger partial charge in [-0.3, -0.25) is 9.59 Å². The maximum absolute atomic E-state index is 9.31. The van der Waals surface area contributed by atoms with E-state index in [1.807, 2.05) is 30.3 Å². The van der Waals surface area contributed by atoms with Crippen molar-refractivity contribution in [1.29, 1.82) is 0 Å². The molecule has 149 valence electrons. The Kier molecular flexibility index (Phi) is 35.2. The van der Waals surface area contributed by atoms with Gasteiger partial charge in [-0.2, -0.15) is 46.3 Å². The van der Waals surface area contributed by atoms with Gasteiger partial charge in [0.1, 0.15) is 0 Å². The Morgan fingerprint density at radius 1 is 0.846 bits per heavy atom. The Morgan fingerprint density at radius 2 is 1.19 bits per heavy atom. The van der Waals surface area contributed by atoms with Crippen molar-refractivity contribution in [3.8, 4) is 0 Å². The summed E-state index contributed by atoms with van der Waals surface area (Å²) in [5.41, 5.74) is 0. The minimum absolute atomic E-state index is 0. The second-order valence-electron chi connectivity index (χ2n) is 4.51. The first-order chi connectivity index (χ1) is 11.5. The topological polar surface area (TPSA) is 74.6 Å². The van der Waals surface area contributed by atoms with Gasteiger partial charge >= 0.3 is 16.5 Å². The fourth-order valence-electron chi connectivity index (χ4n) is 1.22. The monoisotopic (exact) mass is 423 g/mol. The maximum atomic E-state index is 9.31. The van der Waals surface area contributed by atoms with E-state index in [-0.39, 0.29) is 39.2 Å². The third-order valence-electron chi connectivity index (χ3n) is 2.41. The molecule has 1 aliphatic carbocycles. The molecule has 0 spiro atoms. The van der Waals surface area contributed by atoms with Gasteiger partial charge in [-0.1, -0.05) is 37.1 Å². The van der Waals surface area contributed by atoms with E-state index in [1.54, 1.807) is 0 Å². The van der Waals surface area contributed by atoms with Gasteiger partial charge in [-0.25, -0.2) is 0 Å². The number of benzene rings is 1. The minimum Gasteiger partial charge on any atom is -0.483 e. The Bertz CT molecular complexity index is 407. The molecule has 0 saturated heterocycles. The van der Waals surface area contributed by atoms with Crippen LogP contribution in [0.5, 0.6) is 0 Å². The predicted octanol–water partition coefficient (Wildman–Crippen LogP) is 4.81. The fourth-order valence-corrected chi connectivity index (χ4v) is 1.22. The number of carboxylic acid groups (broad SMARTS) is 2. The van der Waals surface area contributed by atoms with Gasteiger partial charge in [0.2, 0.25) is 0 Å². The summed E-state index contributed by atoms with van der Waals surface area (Å²) < 4.78 is 0. The molecule has 2 N–H and O–H groups in total. The van der Waals surface area contributed by atoms with E-state index in [1.165, 1.54) is 25.7 Å². The number of carboxylic acids is 2. The van der Waals surface area contributed by atoms with Crippen molar-refractivity contribution in [3.05, 3.63) is 74.5 Å². The van der Waals surface area contributed by atoms with Gasteiger partial charge in [0.15, 0.2) is 0 Å². The van der Waals surface area contributed by atoms with Gasteiger partial charge in [0, 0.05) is 0 Å². The summed E-state index contributed by atoms with van der Waals surface area (Å²) in [6.45, 7) is 6.17. The van der Waals surface area contributed by atoms with Crippen LogP contribution in [-0.4, -0.2) is 22.2 Å². The van der Waals surface area contributed by atoms with Gasteiger partial charge in [0.25, 0.3) is 11.9 Å². The molecule has 0 bridgehead atoms. The summed E-state index contributed by atoms with van der Waals surface area (Å²) in [5.74, 6) is -1.71. The molecule has 0 heterocycles. The molecule has 0 aliphatic heterocycles. The molecule has 26 heavy (non-hydrogen) atoms. The van der Waals surface area contributed by atoms with E-state index in [4.69, 9.17) is 10.2 Å². The molecule has 1 aliphatic rings. The third kappa shape index (κ3) is 38.2. The van der Waals surface area contributed by atoms with Crippen LogP contribution in [0.15, 0.2) is 54.6 Å². The van der Waals surface area contributed by atoms with E-state index in [2.05, 4.69) is 44.2 Å². The zero-order valence-corrected chi connectivity index (χ0v) is 17.5. The standard InChI is InChI=1S/C8H12.C6H5.2C3H5O2.Ni.H3P/c1-2-4-6-8-7-5-3-1;1-2-4-6-5-3-1;2*1-2-3(4)5;;/h1-4H,5-8H2;1-5H;2*1-2H2,(H,4,5);;1H3/q;3*-1;+3;. The summed E-state index contributed by atoms with van der Waals surface area (Å²) in [6.07, 6.45) is 13.9. The summed E-state index contributed by atoms with van der Waals surface area (Å²) in [6, 6.07) is 12.5. The predicted molar refractivity (Wildman–Crippen MR) is 108 cm³/mol. The molecule has 0 saturated carbocycles. The van der Waals surface area contributed by atoms with E-state index in [0.29, 0.717) is 0 Å². The van der Waals surface area contributed by atoms with Crippen LogP contribution in [0.2, 0.25) is 0 Å². The van der Waals surface area contributed by atoms with Gasteiger partial charge in [-0.05, 0) is 25.7 Å². The summed E-state index contributed by atoms with van der Waals surface area (Å²) in [5, 5.41) is 15.3. The molecule has 1 unspecified atom stereocenters. The first-order valence-corrected chi connectivity index (χ1v) is 7.79. The van der Waals surface area contributed by atoms with E-state index >= 15 is 0 Å². The third-order valence-corrected chi connectivity index (χ3v) is 2.41. The van der Waals surface area contributed by atoms with Gasteiger partial charge < -0.3 is 24.1 Å². The summed E-state index contributed by atoms with van der Waals surface area (Å²) in [4.78, 5) is 18.6. The van der Waals surface area contributed by atoms with Crippen molar-refractivity contribution in [2.75, 3.05) is 0 Å². The van der Waals surface area contributed by atoms with Crippen LogP contribution in [0.3, 0.4) is 0 Å². The molecular weight excluding hydrogens is 394 g/mol. The van der Waals surface area contributed by atoms with Crippen molar-refractivity contribution in [2.24, 2.45) is 0 Å². The molecule has 6 heteroatoms. The summed E-state index contributed by atoms with van der Waals surface area (Å²) in [7, 11) is 0. The summed E-state index contributed by atoms with van der Waals surface area (Å²) >= 11 is 0. The number of rotatable bonds is 2. The van der Waals surface area contributed by atoms with E-state index in [0.717, 1.165) is 0 Å². The quantitative estimate of drug-likeness (QED) is 0.406. The van der Waals surface area contributed by atoms with E-state index in [9.17, 15) is 9.59 Å². The molecule has 0 fully saturated rings. The normalized spacial score (nSPS) is 10.8. The number of hydrogen-bond donors (Lipinski definition) is 2. The average molecular weight is 424 g/mol. The molecule has 0 aromatic heterocycles. The molecule has 2 rings (SSSR count). The van der Waals surface area contributed by atoms with Crippen molar-refractivity contribution < 1.29 is 36.3 Å². The average Bonchev–Trinajstić information content (AvgIpc) is 2.57. The molecule has 0 amide bonds. The van der Waals surface area contributed by atoms with Crippen LogP contribution < -0.4 is 0 Å².